The number of hydrogen-bond acceptors (Lipinski definition) is 5. The number of ether oxygens (including phenoxy) is 1. The van der Waals surface area contributed by atoms with Crippen LogP contribution in [-0.4, -0.2) is 29.3 Å². The fraction of sp³-hybridized carbons (Fsp3) is 0.615. The smallest absolute Gasteiger partial charge is 0.239 e. The second-order valence-electron chi connectivity index (χ2n) is 4.85. The van der Waals surface area contributed by atoms with Crippen molar-refractivity contribution in [3.63, 3.8) is 0 Å². The van der Waals surface area contributed by atoms with Crippen molar-refractivity contribution in [1.29, 1.82) is 0 Å². The molecule has 0 saturated carbocycles. The first-order valence-electron chi connectivity index (χ1n) is 6.29. The Morgan fingerprint density at radius 3 is 2.72 bits per heavy atom. The number of pyridine rings is 1. The molecular weight excluding hydrogens is 230 g/mol. The van der Waals surface area contributed by atoms with Crippen molar-refractivity contribution in [2.45, 2.75) is 33.2 Å². The molecule has 4 N–H and O–H groups in total. The first-order valence-corrected chi connectivity index (χ1v) is 6.29. The lowest BCUT2D eigenvalue weighted by Crippen LogP contribution is -2.18. The van der Waals surface area contributed by atoms with Crippen molar-refractivity contribution >= 4 is 11.5 Å². The summed E-state index contributed by atoms with van der Waals surface area (Å²) in [7, 11) is 0. The summed E-state index contributed by atoms with van der Waals surface area (Å²) in [6, 6.07) is 3.74. The number of nitrogens with one attached hydrogen (secondary N) is 1. The Kier molecular flexibility index (Phi) is 5.71. The summed E-state index contributed by atoms with van der Waals surface area (Å²) in [4.78, 5) is 4.33. The predicted molar refractivity (Wildman–Crippen MR) is 73.8 cm³/mol. The van der Waals surface area contributed by atoms with Crippen LogP contribution in [0.1, 0.15) is 27.2 Å². The van der Waals surface area contributed by atoms with Crippen molar-refractivity contribution < 1.29 is 9.84 Å². The van der Waals surface area contributed by atoms with Crippen molar-refractivity contribution in [2.75, 3.05) is 24.3 Å². The lowest BCUT2D eigenvalue weighted by molar-refractivity contribution is 0.263. The summed E-state index contributed by atoms with van der Waals surface area (Å²) in [5, 5.41) is 12.0. The van der Waals surface area contributed by atoms with E-state index in [1.165, 1.54) is 0 Å². The second kappa shape index (κ2) is 7.06. The van der Waals surface area contributed by atoms with Crippen molar-refractivity contribution in [2.24, 2.45) is 5.92 Å². The highest BCUT2D eigenvalue weighted by Gasteiger charge is 2.07. The molecule has 0 fully saturated rings. The zero-order valence-electron chi connectivity index (χ0n) is 11.3. The van der Waals surface area contributed by atoms with Crippen LogP contribution in [0.2, 0.25) is 0 Å². The molecule has 0 amide bonds. The van der Waals surface area contributed by atoms with Gasteiger partial charge in [-0.1, -0.05) is 13.8 Å². The van der Waals surface area contributed by atoms with Crippen LogP contribution in [0.15, 0.2) is 12.1 Å². The van der Waals surface area contributed by atoms with Crippen LogP contribution in [0.3, 0.4) is 0 Å². The van der Waals surface area contributed by atoms with E-state index in [1.807, 2.05) is 13.0 Å². The fourth-order valence-electron chi connectivity index (χ4n) is 1.41. The van der Waals surface area contributed by atoms with Gasteiger partial charge in [-0.25, -0.2) is 0 Å². The van der Waals surface area contributed by atoms with Gasteiger partial charge in [0.25, 0.3) is 0 Å². The van der Waals surface area contributed by atoms with Crippen LogP contribution in [0.5, 0.6) is 5.88 Å². The van der Waals surface area contributed by atoms with Gasteiger partial charge in [0.2, 0.25) is 5.88 Å². The van der Waals surface area contributed by atoms with Crippen LogP contribution in [0.25, 0.3) is 0 Å². The summed E-state index contributed by atoms with van der Waals surface area (Å²) in [5.74, 6) is 1.60. The molecule has 1 unspecified atom stereocenters. The number of nitrogens with zero attached hydrogens (tertiary/aromatic N) is 1. The Balaban J connectivity index is 2.67. The minimum Gasteiger partial charge on any atom is -0.476 e. The van der Waals surface area contributed by atoms with Gasteiger partial charge in [-0.05, 0) is 31.4 Å². The first-order chi connectivity index (χ1) is 8.52. The normalized spacial score (nSPS) is 12.5. The summed E-state index contributed by atoms with van der Waals surface area (Å²) >= 11 is 0. The molecule has 0 radical (unpaired) electrons. The monoisotopic (exact) mass is 253 g/mol. The SMILES string of the molecule is CC(C)COc1nc(NC(C)CCO)ccc1N. The highest BCUT2D eigenvalue weighted by molar-refractivity contribution is 5.53. The Hall–Kier alpha value is -1.49. The quantitative estimate of drug-likeness (QED) is 0.691. The highest BCUT2D eigenvalue weighted by Crippen LogP contribution is 2.22. The molecule has 1 rings (SSSR count). The maximum atomic E-state index is 8.85. The van der Waals surface area contributed by atoms with Gasteiger partial charge in [0.1, 0.15) is 5.82 Å². The van der Waals surface area contributed by atoms with Crippen molar-refractivity contribution in [3.8, 4) is 5.88 Å². The lowest BCUT2D eigenvalue weighted by Gasteiger charge is -2.15. The third kappa shape index (κ3) is 4.79. The lowest BCUT2D eigenvalue weighted by atomic mass is 10.2. The van der Waals surface area contributed by atoms with E-state index in [0.717, 1.165) is 0 Å². The molecule has 0 bridgehead atoms. The first kappa shape index (κ1) is 14.6. The zero-order chi connectivity index (χ0) is 13.5. The molecule has 0 spiro atoms. The van der Waals surface area contributed by atoms with Crippen LogP contribution in [0.4, 0.5) is 11.5 Å². The van der Waals surface area contributed by atoms with Gasteiger partial charge < -0.3 is 20.9 Å². The van der Waals surface area contributed by atoms with Gasteiger partial charge >= 0.3 is 0 Å². The molecule has 18 heavy (non-hydrogen) atoms. The molecular formula is C13H23N3O2. The minimum absolute atomic E-state index is 0.153. The third-order valence-electron chi connectivity index (χ3n) is 2.40. The number of aromatic nitrogens is 1. The Morgan fingerprint density at radius 2 is 2.11 bits per heavy atom. The predicted octanol–water partition coefficient (Wildman–Crippen LogP) is 1.88. The Bertz CT molecular complexity index is 369. The molecule has 0 aliphatic carbocycles. The van der Waals surface area contributed by atoms with Crippen molar-refractivity contribution in [3.05, 3.63) is 12.1 Å². The zero-order valence-corrected chi connectivity index (χ0v) is 11.3. The molecule has 5 nitrogen and oxygen atoms in total. The van der Waals surface area contributed by atoms with E-state index >= 15 is 0 Å². The number of nitrogen functional groups attached to an aromatic ring is 1. The molecule has 1 heterocycles. The van der Waals surface area contributed by atoms with E-state index in [1.54, 1.807) is 6.07 Å². The van der Waals surface area contributed by atoms with Gasteiger partial charge in [0.15, 0.2) is 0 Å². The van der Waals surface area contributed by atoms with E-state index in [4.69, 9.17) is 15.6 Å². The third-order valence-corrected chi connectivity index (χ3v) is 2.40. The minimum atomic E-state index is 0.153. The number of hydrogen-bond donors (Lipinski definition) is 3. The van der Waals surface area contributed by atoms with Crippen LogP contribution >= 0.6 is 0 Å². The van der Waals surface area contributed by atoms with Crippen LogP contribution in [-0.2, 0) is 0 Å². The van der Waals surface area contributed by atoms with E-state index in [0.29, 0.717) is 36.3 Å². The van der Waals surface area contributed by atoms with Gasteiger partial charge in [-0.3, -0.25) is 0 Å². The van der Waals surface area contributed by atoms with Gasteiger partial charge in [0.05, 0.1) is 12.3 Å². The molecule has 1 aromatic heterocycles. The summed E-state index contributed by atoms with van der Waals surface area (Å²) < 4.78 is 5.55. The van der Waals surface area contributed by atoms with Crippen molar-refractivity contribution in [1.82, 2.24) is 4.98 Å². The maximum Gasteiger partial charge on any atom is 0.239 e. The number of aliphatic hydroxyl groups excluding tert-OH is 1. The topological polar surface area (TPSA) is 80.4 Å². The van der Waals surface area contributed by atoms with Gasteiger partial charge in [-0.15, -0.1) is 0 Å². The number of nitrogens with two attached hydrogens (primary N) is 1. The molecule has 5 heteroatoms. The summed E-state index contributed by atoms with van der Waals surface area (Å²) in [6.07, 6.45) is 0.675. The molecule has 102 valence electrons. The van der Waals surface area contributed by atoms with E-state index in [2.05, 4.69) is 24.1 Å². The van der Waals surface area contributed by atoms with E-state index in [9.17, 15) is 0 Å². The second-order valence-corrected chi connectivity index (χ2v) is 4.85. The van der Waals surface area contributed by atoms with Gasteiger partial charge in [0, 0.05) is 12.6 Å². The Labute approximate surface area is 108 Å². The fourth-order valence-corrected chi connectivity index (χ4v) is 1.41. The summed E-state index contributed by atoms with van der Waals surface area (Å²) in [5.41, 5.74) is 6.35. The molecule has 0 aromatic carbocycles. The average Bonchev–Trinajstić information content (AvgIpc) is 2.30. The maximum absolute atomic E-state index is 8.85. The Morgan fingerprint density at radius 1 is 1.39 bits per heavy atom. The molecule has 0 aliphatic rings. The average molecular weight is 253 g/mol. The van der Waals surface area contributed by atoms with Crippen LogP contribution in [0, 0.1) is 5.92 Å². The molecule has 0 aliphatic heterocycles. The highest BCUT2D eigenvalue weighted by atomic mass is 16.5. The summed E-state index contributed by atoms with van der Waals surface area (Å²) in [6.45, 7) is 6.87. The van der Waals surface area contributed by atoms with E-state index < -0.39 is 0 Å². The number of rotatable bonds is 7. The largest absolute Gasteiger partial charge is 0.476 e. The van der Waals surface area contributed by atoms with Gasteiger partial charge in [-0.2, -0.15) is 4.98 Å². The molecule has 0 saturated heterocycles. The van der Waals surface area contributed by atoms with E-state index in [-0.39, 0.29) is 12.6 Å². The number of aliphatic hydroxyl groups is 1. The number of anilines is 2. The molecule has 1 aromatic rings. The standard InChI is InChI=1S/C13H23N3O2/c1-9(2)8-18-13-11(14)4-5-12(16-13)15-10(3)6-7-17/h4-5,9-10,17H,6-8,14H2,1-3H3,(H,15,16). The van der Waals surface area contributed by atoms with Crippen LogP contribution < -0.4 is 15.8 Å². The molecule has 1 atom stereocenters.